The highest BCUT2D eigenvalue weighted by atomic mass is 79.9. The topological polar surface area (TPSA) is 74.3 Å². The van der Waals surface area contributed by atoms with Gasteiger partial charge in [-0.3, -0.25) is 0 Å². The number of nitrogens with zero attached hydrogens (tertiary/aromatic N) is 7. The fraction of sp³-hybridized carbons (Fsp3) is 0.118. The van der Waals surface area contributed by atoms with E-state index < -0.39 is 0 Å². The summed E-state index contributed by atoms with van der Waals surface area (Å²) in [5.41, 5.74) is 4.57. The fourth-order valence-corrected chi connectivity index (χ4v) is 4.05. The molecule has 0 spiro atoms. The number of halogens is 1. The van der Waals surface area contributed by atoms with Gasteiger partial charge in [0.1, 0.15) is 11.0 Å². The first-order valence-electron chi connectivity index (χ1n) is 7.90. The highest BCUT2D eigenvalue weighted by Gasteiger charge is 2.13. The number of fused-ring (bicyclic) bond motifs is 4. The fourth-order valence-electron chi connectivity index (χ4n) is 3.01. The maximum absolute atomic E-state index is 4.70. The van der Waals surface area contributed by atoms with Crippen LogP contribution in [0.25, 0.3) is 33.1 Å². The summed E-state index contributed by atoms with van der Waals surface area (Å²) in [4.78, 5) is 4.70. The van der Waals surface area contributed by atoms with Crippen LogP contribution in [0.3, 0.4) is 0 Å². The molecule has 0 aliphatic rings. The molecule has 2 aromatic carbocycles. The number of hydrogen-bond donors (Lipinski definition) is 0. The SMILES string of the molecule is Cn1c2ccc(Br)cc2c2nnc(SCn3nnc4ccccc43)nc21. The second-order valence-electron chi connectivity index (χ2n) is 5.84. The number of aryl methyl sites for hydroxylation is 1. The van der Waals surface area contributed by atoms with E-state index in [-0.39, 0.29) is 0 Å². The van der Waals surface area contributed by atoms with Crippen molar-refractivity contribution < 1.29 is 0 Å². The van der Waals surface area contributed by atoms with Crippen LogP contribution in [-0.2, 0) is 12.9 Å². The highest BCUT2D eigenvalue weighted by molar-refractivity contribution is 9.10. The summed E-state index contributed by atoms with van der Waals surface area (Å²) in [7, 11) is 1.99. The van der Waals surface area contributed by atoms with Crippen LogP contribution in [0.15, 0.2) is 52.1 Å². The molecule has 0 bridgehead atoms. The Morgan fingerprint density at radius 2 is 1.92 bits per heavy atom. The van der Waals surface area contributed by atoms with Crippen LogP contribution in [0.5, 0.6) is 0 Å². The van der Waals surface area contributed by atoms with Gasteiger partial charge in [0.25, 0.3) is 0 Å². The summed E-state index contributed by atoms with van der Waals surface area (Å²) < 4.78 is 4.89. The van der Waals surface area contributed by atoms with Crippen molar-refractivity contribution in [3.63, 3.8) is 0 Å². The molecule has 0 fully saturated rings. The van der Waals surface area contributed by atoms with Gasteiger partial charge in [0.2, 0.25) is 5.16 Å². The minimum absolute atomic E-state index is 0.573. The Balaban J connectivity index is 1.51. The van der Waals surface area contributed by atoms with E-state index in [1.54, 1.807) is 0 Å². The lowest BCUT2D eigenvalue weighted by Gasteiger charge is -2.02. The van der Waals surface area contributed by atoms with E-state index in [1.807, 2.05) is 52.7 Å². The first-order valence-corrected chi connectivity index (χ1v) is 9.68. The second-order valence-corrected chi connectivity index (χ2v) is 7.67. The van der Waals surface area contributed by atoms with Crippen molar-refractivity contribution in [3.05, 3.63) is 46.9 Å². The molecule has 0 radical (unpaired) electrons. The molecule has 0 aliphatic carbocycles. The quantitative estimate of drug-likeness (QED) is 0.409. The average molecular weight is 426 g/mol. The predicted molar refractivity (Wildman–Crippen MR) is 105 cm³/mol. The van der Waals surface area contributed by atoms with Crippen molar-refractivity contribution in [1.82, 2.24) is 34.7 Å². The number of hydrogen-bond acceptors (Lipinski definition) is 6. The predicted octanol–water partition coefficient (Wildman–Crippen LogP) is 3.77. The van der Waals surface area contributed by atoms with Crippen molar-refractivity contribution in [1.29, 1.82) is 0 Å². The Labute approximate surface area is 160 Å². The van der Waals surface area contributed by atoms with Crippen molar-refractivity contribution in [2.24, 2.45) is 7.05 Å². The molecule has 5 rings (SSSR count). The third-order valence-electron chi connectivity index (χ3n) is 4.28. The monoisotopic (exact) mass is 425 g/mol. The minimum atomic E-state index is 0.573. The molecule has 3 aromatic heterocycles. The van der Waals surface area contributed by atoms with Crippen molar-refractivity contribution >= 4 is 60.8 Å². The summed E-state index contributed by atoms with van der Waals surface area (Å²) in [5, 5.41) is 18.7. The molecular weight excluding hydrogens is 414 g/mol. The number of thioether (sulfide) groups is 1. The van der Waals surface area contributed by atoms with Gasteiger partial charge >= 0.3 is 0 Å². The first kappa shape index (κ1) is 15.7. The van der Waals surface area contributed by atoms with Crippen LogP contribution >= 0.6 is 27.7 Å². The van der Waals surface area contributed by atoms with Crippen LogP contribution in [0.4, 0.5) is 0 Å². The zero-order valence-corrected chi connectivity index (χ0v) is 16.1. The van der Waals surface area contributed by atoms with Crippen LogP contribution in [0.2, 0.25) is 0 Å². The molecule has 0 amide bonds. The molecule has 9 heteroatoms. The largest absolute Gasteiger partial charge is 0.327 e. The summed E-state index contributed by atoms with van der Waals surface area (Å²) in [6.45, 7) is 0. The van der Waals surface area contributed by atoms with E-state index in [0.29, 0.717) is 11.0 Å². The molecular formula is C17H12BrN7S. The molecule has 7 nitrogen and oxygen atoms in total. The molecule has 0 unspecified atom stereocenters. The van der Waals surface area contributed by atoms with E-state index in [4.69, 9.17) is 4.98 Å². The van der Waals surface area contributed by atoms with E-state index in [0.717, 1.165) is 37.6 Å². The summed E-state index contributed by atoms with van der Waals surface area (Å²) in [5.74, 6) is 0.573. The van der Waals surface area contributed by atoms with Gasteiger partial charge in [-0.2, -0.15) is 0 Å². The average Bonchev–Trinajstić information content (AvgIpc) is 3.19. The zero-order chi connectivity index (χ0) is 17.7. The second kappa shape index (κ2) is 6.03. The van der Waals surface area contributed by atoms with Crippen LogP contribution in [0.1, 0.15) is 0 Å². The summed E-state index contributed by atoms with van der Waals surface area (Å²) in [6.07, 6.45) is 0. The Morgan fingerprint density at radius 3 is 2.85 bits per heavy atom. The minimum Gasteiger partial charge on any atom is -0.327 e. The maximum atomic E-state index is 4.70. The Bertz CT molecular complexity index is 1280. The van der Waals surface area contributed by atoms with Crippen LogP contribution in [-0.4, -0.2) is 34.7 Å². The van der Waals surface area contributed by atoms with Gasteiger partial charge < -0.3 is 4.57 Å². The molecule has 26 heavy (non-hydrogen) atoms. The lowest BCUT2D eigenvalue weighted by Crippen LogP contribution is -2.00. The van der Waals surface area contributed by atoms with Crippen LogP contribution in [0, 0.1) is 0 Å². The maximum Gasteiger partial charge on any atom is 0.212 e. The van der Waals surface area contributed by atoms with Gasteiger partial charge in [0, 0.05) is 16.9 Å². The molecule has 0 aliphatic heterocycles. The van der Waals surface area contributed by atoms with E-state index in [9.17, 15) is 0 Å². The number of para-hydroxylation sites is 1. The molecule has 128 valence electrons. The standard InChI is InChI=1S/C17H12BrN7S/c1-24-13-7-6-10(18)8-11(13)15-16(24)19-17(22-21-15)26-9-25-14-5-3-2-4-12(14)20-23-25/h2-8H,9H2,1H3. The normalized spacial score (nSPS) is 11.8. The van der Waals surface area contributed by atoms with Gasteiger partial charge in [0.05, 0.1) is 16.9 Å². The number of rotatable bonds is 3. The van der Waals surface area contributed by atoms with Gasteiger partial charge in [0.15, 0.2) is 5.65 Å². The van der Waals surface area contributed by atoms with Crippen molar-refractivity contribution in [2.45, 2.75) is 11.0 Å². The smallest absolute Gasteiger partial charge is 0.212 e. The van der Waals surface area contributed by atoms with Gasteiger partial charge in [-0.25, -0.2) is 9.67 Å². The molecule has 0 atom stereocenters. The molecule has 0 saturated heterocycles. The highest BCUT2D eigenvalue weighted by Crippen LogP contribution is 2.29. The first-order chi connectivity index (χ1) is 12.7. The Hall–Kier alpha value is -2.52. The van der Waals surface area contributed by atoms with Crippen LogP contribution < -0.4 is 0 Å². The molecule has 0 saturated carbocycles. The summed E-state index contributed by atoms with van der Waals surface area (Å²) >= 11 is 4.99. The van der Waals surface area contributed by atoms with E-state index in [1.165, 1.54) is 11.8 Å². The Kier molecular flexibility index (Phi) is 3.64. The number of aromatic nitrogens is 7. The molecule has 5 aromatic rings. The van der Waals surface area contributed by atoms with Crippen molar-refractivity contribution in [3.8, 4) is 0 Å². The zero-order valence-electron chi connectivity index (χ0n) is 13.7. The van der Waals surface area contributed by atoms with Gasteiger partial charge in [-0.15, -0.1) is 15.3 Å². The van der Waals surface area contributed by atoms with Gasteiger partial charge in [-0.05, 0) is 30.3 Å². The Morgan fingerprint density at radius 1 is 1.04 bits per heavy atom. The molecule has 3 heterocycles. The van der Waals surface area contributed by atoms with E-state index >= 15 is 0 Å². The van der Waals surface area contributed by atoms with E-state index in [2.05, 4.69) is 42.5 Å². The number of benzene rings is 2. The third kappa shape index (κ3) is 2.46. The summed E-state index contributed by atoms with van der Waals surface area (Å²) in [6, 6.07) is 14.0. The van der Waals surface area contributed by atoms with Crippen molar-refractivity contribution in [2.75, 3.05) is 0 Å². The van der Waals surface area contributed by atoms with Gasteiger partial charge in [-0.1, -0.05) is 45.0 Å². The third-order valence-corrected chi connectivity index (χ3v) is 5.58. The lowest BCUT2D eigenvalue weighted by atomic mass is 10.2. The molecule has 0 N–H and O–H groups in total. The lowest BCUT2D eigenvalue weighted by molar-refractivity contribution is 0.719.